The number of esters is 2. The van der Waals surface area contributed by atoms with E-state index in [1.165, 1.54) is 0 Å². The second kappa shape index (κ2) is 5.04. The first-order valence-corrected chi connectivity index (χ1v) is 5.19. The van der Waals surface area contributed by atoms with E-state index in [0.29, 0.717) is 0 Å². The molecule has 1 heterocycles. The molecule has 104 valence electrons. The maximum Gasteiger partial charge on any atom is 0.455 e. The van der Waals surface area contributed by atoms with Crippen LogP contribution in [0.3, 0.4) is 0 Å². The lowest BCUT2D eigenvalue weighted by atomic mass is 10.4. The molecule has 1 aliphatic rings. The number of rotatable bonds is 4. The summed E-state index contributed by atoms with van der Waals surface area (Å²) < 4.78 is 8.88. The van der Waals surface area contributed by atoms with Gasteiger partial charge < -0.3 is 14.6 Å². The highest BCUT2D eigenvalue weighted by Gasteiger charge is 2.59. The first-order chi connectivity index (χ1) is 8.70. The molecule has 0 spiro atoms. The summed E-state index contributed by atoms with van der Waals surface area (Å²) in [6.07, 6.45) is -0.507. The molecule has 0 aromatic heterocycles. The third-order valence-corrected chi connectivity index (χ3v) is 2.18. The summed E-state index contributed by atoms with van der Waals surface area (Å²) in [5.41, 5.74) is 0. The van der Waals surface area contributed by atoms with Crippen LogP contribution in [0.5, 0.6) is 0 Å². The highest BCUT2D eigenvalue weighted by atomic mass is 16.8. The molecule has 1 fully saturated rings. The molecule has 0 bridgehead atoms. The van der Waals surface area contributed by atoms with Gasteiger partial charge in [-0.15, -0.1) is 0 Å². The quantitative estimate of drug-likeness (QED) is 0.392. The zero-order chi connectivity index (χ0) is 14.8. The largest absolute Gasteiger partial charge is 0.474 e. The molecule has 0 saturated carbocycles. The average molecular weight is 273 g/mol. The predicted octanol–water partition coefficient (Wildman–Crippen LogP) is -1.000. The maximum atomic E-state index is 11.6. The molecule has 0 aliphatic carbocycles. The lowest BCUT2D eigenvalue weighted by molar-refractivity contribution is -0.271. The number of ether oxygens (including phenoxy) is 2. The van der Waals surface area contributed by atoms with Crippen molar-refractivity contribution < 1.29 is 38.6 Å². The minimum Gasteiger partial charge on any atom is -0.474 e. The maximum absolute atomic E-state index is 11.6. The van der Waals surface area contributed by atoms with Crippen LogP contribution in [-0.2, 0) is 33.4 Å². The number of hydrogen-bond acceptors (Lipinski definition) is 7. The van der Waals surface area contributed by atoms with Gasteiger partial charge in [-0.2, -0.15) is 4.90 Å². The minimum absolute atomic E-state index is 0.137. The van der Waals surface area contributed by atoms with E-state index in [2.05, 4.69) is 9.47 Å². The van der Waals surface area contributed by atoms with Crippen molar-refractivity contribution in [2.24, 2.45) is 0 Å². The number of amides is 2. The summed E-state index contributed by atoms with van der Waals surface area (Å²) in [4.78, 5) is 56.5. The van der Waals surface area contributed by atoms with Crippen LogP contribution < -0.4 is 0 Å². The molecule has 0 aromatic carbocycles. The standard InChI is InChI=1S/C10H11NO8/c1-5(12)18-10(9(16)17,19-6(2)13)11-7(14)3-4-8(11)15/h3-4H2,1-2H3,(H,16,17). The number of imide groups is 1. The van der Waals surface area contributed by atoms with Crippen LogP contribution >= 0.6 is 0 Å². The average Bonchev–Trinajstić information content (AvgIpc) is 2.56. The van der Waals surface area contributed by atoms with Gasteiger partial charge in [-0.05, 0) is 0 Å². The lowest BCUT2D eigenvalue weighted by Crippen LogP contribution is -2.61. The second-order valence-corrected chi connectivity index (χ2v) is 3.70. The first kappa shape index (κ1) is 14.6. The number of carboxylic acid groups (broad SMARTS) is 1. The molecule has 0 atom stereocenters. The third kappa shape index (κ3) is 2.69. The predicted molar refractivity (Wildman–Crippen MR) is 55.0 cm³/mol. The van der Waals surface area contributed by atoms with Gasteiger partial charge in [0.25, 0.3) is 0 Å². The molecular formula is C10H11NO8. The Bertz CT molecular complexity index is 436. The molecule has 1 aliphatic heterocycles. The number of carbonyl (C=O) groups excluding carboxylic acids is 4. The van der Waals surface area contributed by atoms with Crippen LogP contribution in [0.15, 0.2) is 0 Å². The summed E-state index contributed by atoms with van der Waals surface area (Å²) in [7, 11) is 0. The smallest absolute Gasteiger partial charge is 0.455 e. The number of nitrogens with zero attached hydrogens (tertiary/aromatic N) is 1. The summed E-state index contributed by atoms with van der Waals surface area (Å²) in [5.74, 6) is -9.11. The molecule has 0 radical (unpaired) electrons. The molecule has 9 nitrogen and oxygen atoms in total. The van der Waals surface area contributed by atoms with Crippen molar-refractivity contribution in [3.05, 3.63) is 0 Å². The zero-order valence-electron chi connectivity index (χ0n) is 10.2. The van der Waals surface area contributed by atoms with E-state index in [-0.39, 0.29) is 17.7 Å². The van der Waals surface area contributed by atoms with Gasteiger partial charge in [-0.25, -0.2) is 4.79 Å². The van der Waals surface area contributed by atoms with Crippen LogP contribution in [0.25, 0.3) is 0 Å². The van der Waals surface area contributed by atoms with E-state index in [0.717, 1.165) is 13.8 Å². The molecule has 0 unspecified atom stereocenters. The highest BCUT2D eigenvalue weighted by Crippen LogP contribution is 2.27. The molecule has 19 heavy (non-hydrogen) atoms. The SMILES string of the molecule is CC(=O)OC(OC(C)=O)(C(=O)O)N1C(=O)CCC1=O. The highest BCUT2D eigenvalue weighted by molar-refractivity contribution is 6.06. The molecule has 2 amide bonds. The van der Waals surface area contributed by atoms with Crippen LogP contribution in [-0.4, -0.2) is 45.6 Å². The normalized spacial score (nSPS) is 15.4. The number of hydrogen-bond donors (Lipinski definition) is 1. The second-order valence-electron chi connectivity index (χ2n) is 3.70. The summed E-state index contributed by atoms with van der Waals surface area (Å²) in [5, 5.41) is 9.12. The van der Waals surface area contributed by atoms with Gasteiger partial charge >= 0.3 is 23.8 Å². The fourth-order valence-corrected chi connectivity index (χ4v) is 1.59. The van der Waals surface area contributed by atoms with Crippen LogP contribution in [0.1, 0.15) is 26.7 Å². The van der Waals surface area contributed by atoms with Gasteiger partial charge in [-0.3, -0.25) is 19.2 Å². The number of aliphatic carboxylic acids is 1. The molecule has 1 N–H and O–H groups in total. The van der Waals surface area contributed by atoms with E-state index in [4.69, 9.17) is 5.11 Å². The van der Waals surface area contributed by atoms with Crippen molar-refractivity contribution in [2.75, 3.05) is 0 Å². The van der Waals surface area contributed by atoms with Crippen molar-refractivity contribution in [2.45, 2.75) is 32.6 Å². The molecule has 0 aromatic rings. The number of likely N-dealkylation sites (tertiary alicyclic amines) is 1. The van der Waals surface area contributed by atoms with E-state index in [1.54, 1.807) is 0 Å². The topological polar surface area (TPSA) is 127 Å². The monoisotopic (exact) mass is 273 g/mol. The van der Waals surface area contributed by atoms with Gasteiger partial charge in [0, 0.05) is 26.7 Å². The van der Waals surface area contributed by atoms with Gasteiger partial charge in [-0.1, -0.05) is 0 Å². The lowest BCUT2D eigenvalue weighted by Gasteiger charge is -2.33. The van der Waals surface area contributed by atoms with Gasteiger partial charge in [0.2, 0.25) is 11.8 Å². The molecule has 1 rings (SSSR count). The summed E-state index contributed by atoms with van der Waals surface area (Å²) >= 11 is 0. The first-order valence-electron chi connectivity index (χ1n) is 5.19. The van der Waals surface area contributed by atoms with E-state index < -0.39 is 35.6 Å². The van der Waals surface area contributed by atoms with Crippen molar-refractivity contribution >= 4 is 29.7 Å². The third-order valence-electron chi connectivity index (χ3n) is 2.18. The van der Waals surface area contributed by atoms with Crippen LogP contribution in [0.4, 0.5) is 0 Å². The van der Waals surface area contributed by atoms with E-state index in [1.807, 2.05) is 0 Å². The van der Waals surface area contributed by atoms with Crippen molar-refractivity contribution in [3.63, 3.8) is 0 Å². The summed E-state index contributed by atoms with van der Waals surface area (Å²) in [6, 6.07) is 0. The Morgan fingerprint density at radius 3 is 1.68 bits per heavy atom. The van der Waals surface area contributed by atoms with Crippen LogP contribution in [0.2, 0.25) is 0 Å². The molecule has 1 saturated heterocycles. The van der Waals surface area contributed by atoms with E-state index in [9.17, 15) is 24.0 Å². The summed E-state index contributed by atoms with van der Waals surface area (Å²) in [6.45, 7) is 1.71. The Labute approximate surface area is 107 Å². The molecule has 9 heteroatoms. The Hall–Kier alpha value is -2.45. The van der Waals surface area contributed by atoms with Gasteiger partial charge in [0.05, 0.1) is 0 Å². The zero-order valence-corrected chi connectivity index (χ0v) is 10.2. The number of carbonyl (C=O) groups is 5. The van der Waals surface area contributed by atoms with Crippen LogP contribution in [0, 0.1) is 0 Å². The Morgan fingerprint density at radius 1 is 1.05 bits per heavy atom. The van der Waals surface area contributed by atoms with Gasteiger partial charge in [0.15, 0.2) is 0 Å². The van der Waals surface area contributed by atoms with Crippen molar-refractivity contribution in [3.8, 4) is 0 Å². The van der Waals surface area contributed by atoms with E-state index >= 15 is 0 Å². The van der Waals surface area contributed by atoms with Gasteiger partial charge in [0.1, 0.15) is 0 Å². The Morgan fingerprint density at radius 2 is 1.42 bits per heavy atom. The number of carboxylic acids is 1. The minimum atomic E-state index is -3.08. The fourth-order valence-electron chi connectivity index (χ4n) is 1.59. The van der Waals surface area contributed by atoms with Crippen molar-refractivity contribution in [1.82, 2.24) is 4.90 Å². The molecular weight excluding hydrogens is 262 g/mol. The Balaban J connectivity index is 3.32. The Kier molecular flexibility index (Phi) is 3.88. The van der Waals surface area contributed by atoms with Crippen molar-refractivity contribution in [1.29, 1.82) is 0 Å². The fraction of sp³-hybridized carbons (Fsp3) is 0.500.